The van der Waals surface area contributed by atoms with Crippen LogP contribution in [0.2, 0.25) is 0 Å². The molecule has 0 atom stereocenters. The molecule has 0 bridgehead atoms. The number of nitrogens with zero attached hydrogens (tertiary/aromatic N) is 4. The maximum atomic E-state index is 12.9. The number of aromatic amines is 1. The van der Waals surface area contributed by atoms with Gasteiger partial charge in [-0.15, -0.1) is 0 Å². The second kappa shape index (κ2) is 9.04. The number of benzene rings is 1. The summed E-state index contributed by atoms with van der Waals surface area (Å²) in [4.78, 5) is 18.9. The predicted molar refractivity (Wildman–Crippen MR) is 116 cm³/mol. The number of nitrogens with one attached hydrogen (secondary N) is 3. The molecule has 0 saturated heterocycles. The van der Waals surface area contributed by atoms with Crippen molar-refractivity contribution in [1.82, 2.24) is 24.9 Å². The molecule has 164 valence electrons. The van der Waals surface area contributed by atoms with Gasteiger partial charge >= 0.3 is 6.18 Å². The summed E-state index contributed by atoms with van der Waals surface area (Å²) in [6.45, 7) is 2.62. The first kappa shape index (κ1) is 21.3. The zero-order valence-electron chi connectivity index (χ0n) is 17.1. The van der Waals surface area contributed by atoms with Crippen LogP contribution in [0.1, 0.15) is 17.0 Å². The van der Waals surface area contributed by atoms with Crippen molar-refractivity contribution in [2.45, 2.75) is 19.5 Å². The van der Waals surface area contributed by atoms with Gasteiger partial charge in [-0.3, -0.25) is 0 Å². The minimum Gasteiger partial charge on any atom is -0.370 e. The quantitative estimate of drug-likeness (QED) is 0.376. The number of rotatable bonds is 7. The second-order valence-electron chi connectivity index (χ2n) is 7.16. The third-order valence-corrected chi connectivity index (χ3v) is 4.63. The van der Waals surface area contributed by atoms with Gasteiger partial charge in [0, 0.05) is 48.5 Å². The van der Waals surface area contributed by atoms with Gasteiger partial charge in [-0.2, -0.15) is 13.2 Å². The Balaban J connectivity index is 1.46. The highest BCUT2D eigenvalue weighted by atomic mass is 19.4. The molecule has 0 spiro atoms. The van der Waals surface area contributed by atoms with E-state index in [1.54, 1.807) is 18.7 Å². The van der Waals surface area contributed by atoms with Crippen LogP contribution in [0.5, 0.6) is 0 Å². The van der Waals surface area contributed by atoms with Crippen molar-refractivity contribution < 1.29 is 13.2 Å². The molecular weight excluding hydrogens is 419 g/mol. The van der Waals surface area contributed by atoms with Crippen LogP contribution >= 0.6 is 0 Å². The molecule has 32 heavy (non-hydrogen) atoms. The molecule has 4 rings (SSSR count). The lowest BCUT2D eigenvalue weighted by Crippen LogP contribution is -2.10. The van der Waals surface area contributed by atoms with Crippen molar-refractivity contribution >= 4 is 17.5 Å². The fraction of sp³-hybridized carbons (Fsp3) is 0.182. The van der Waals surface area contributed by atoms with Gasteiger partial charge in [0.15, 0.2) is 0 Å². The third-order valence-electron chi connectivity index (χ3n) is 4.63. The van der Waals surface area contributed by atoms with Crippen LogP contribution in [0.3, 0.4) is 0 Å². The second-order valence-corrected chi connectivity index (χ2v) is 7.16. The largest absolute Gasteiger partial charge is 0.433 e. The van der Waals surface area contributed by atoms with E-state index in [0.29, 0.717) is 12.2 Å². The van der Waals surface area contributed by atoms with Crippen LogP contribution in [-0.2, 0) is 12.6 Å². The number of alkyl halides is 3. The summed E-state index contributed by atoms with van der Waals surface area (Å²) < 4.78 is 38.7. The van der Waals surface area contributed by atoms with Crippen LogP contribution in [0.15, 0.2) is 61.3 Å². The van der Waals surface area contributed by atoms with Crippen molar-refractivity contribution in [3.05, 3.63) is 78.3 Å². The molecule has 3 aromatic heterocycles. The molecule has 0 aliphatic heterocycles. The van der Waals surface area contributed by atoms with E-state index >= 15 is 0 Å². The van der Waals surface area contributed by atoms with Crippen molar-refractivity contribution in [3.63, 3.8) is 0 Å². The number of imidazole rings is 1. The Morgan fingerprint density at radius 2 is 1.88 bits per heavy atom. The fourth-order valence-electron chi connectivity index (χ4n) is 3.14. The van der Waals surface area contributed by atoms with Crippen LogP contribution in [0.4, 0.5) is 30.6 Å². The minimum atomic E-state index is -4.53. The molecule has 10 heteroatoms. The lowest BCUT2D eigenvalue weighted by atomic mass is 10.0. The molecule has 0 aliphatic carbocycles. The SMILES string of the molecule is Cc1cc(Nc2nccc(C(F)(F)F)n2)cc(-c2ccc(NCCc3cnc[nH]3)nc2)c1. The number of hydrogen-bond acceptors (Lipinski definition) is 6. The number of anilines is 3. The maximum absolute atomic E-state index is 12.9. The smallest absolute Gasteiger partial charge is 0.370 e. The molecule has 0 unspecified atom stereocenters. The van der Waals surface area contributed by atoms with Crippen molar-refractivity contribution in [2.75, 3.05) is 17.2 Å². The molecule has 0 radical (unpaired) electrons. The van der Waals surface area contributed by atoms with Crippen LogP contribution in [-0.4, -0.2) is 31.5 Å². The van der Waals surface area contributed by atoms with Crippen molar-refractivity contribution in [2.24, 2.45) is 0 Å². The van der Waals surface area contributed by atoms with Gasteiger partial charge in [-0.05, 0) is 48.4 Å². The molecule has 0 aliphatic rings. The normalized spacial score (nSPS) is 11.4. The Kier molecular flexibility index (Phi) is 6.02. The number of aromatic nitrogens is 5. The Labute approximate surface area is 182 Å². The van der Waals surface area contributed by atoms with E-state index in [9.17, 15) is 13.2 Å². The minimum absolute atomic E-state index is 0.119. The molecule has 0 fully saturated rings. The maximum Gasteiger partial charge on any atom is 0.433 e. The number of aryl methyl sites for hydroxylation is 1. The molecule has 0 amide bonds. The molecule has 1 aromatic carbocycles. The average molecular weight is 439 g/mol. The van der Waals surface area contributed by atoms with E-state index in [4.69, 9.17) is 0 Å². The number of H-pyrrole nitrogens is 1. The summed E-state index contributed by atoms with van der Waals surface area (Å²) in [5.41, 5.74) is 3.30. The van der Waals surface area contributed by atoms with Gasteiger partial charge in [0.05, 0.1) is 6.33 Å². The van der Waals surface area contributed by atoms with Crippen LogP contribution in [0, 0.1) is 6.92 Å². The standard InChI is InChI=1S/C22H20F3N7/c1-14-8-16(10-18(9-14)31-21-28-7-5-19(32-21)22(23,24)25)15-2-3-20(29-11-15)27-6-4-17-12-26-13-30-17/h2-3,5,7-13H,4,6H2,1H3,(H,26,30)(H,27,29)(H,28,31,32). The van der Waals surface area contributed by atoms with Gasteiger partial charge in [0.1, 0.15) is 11.5 Å². The van der Waals surface area contributed by atoms with Crippen molar-refractivity contribution in [1.29, 1.82) is 0 Å². The lowest BCUT2D eigenvalue weighted by Gasteiger charge is -2.11. The zero-order valence-corrected chi connectivity index (χ0v) is 17.1. The van der Waals surface area contributed by atoms with Gasteiger partial charge in [-0.1, -0.05) is 6.07 Å². The number of hydrogen-bond donors (Lipinski definition) is 3. The fourth-order valence-corrected chi connectivity index (χ4v) is 3.14. The van der Waals surface area contributed by atoms with Crippen LogP contribution < -0.4 is 10.6 Å². The van der Waals surface area contributed by atoms with E-state index in [2.05, 4.69) is 35.6 Å². The first-order valence-electron chi connectivity index (χ1n) is 9.83. The molecule has 3 N–H and O–H groups in total. The van der Waals surface area contributed by atoms with E-state index in [1.165, 1.54) is 0 Å². The van der Waals surface area contributed by atoms with E-state index in [1.807, 2.05) is 37.3 Å². The Morgan fingerprint density at radius 1 is 1.00 bits per heavy atom. The molecular formula is C22H20F3N7. The average Bonchev–Trinajstić information content (AvgIpc) is 3.27. The third kappa shape index (κ3) is 5.39. The molecule has 7 nitrogen and oxygen atoms in total. The summed E-state index contributed by atoms with van der Waals surface area (Å²) in [6.07, 6.45) is 2.53. The first-order valence-corrected chi connectivity index (χ1v) is 9.83. The lowest BCUT2D eigenvalue weighted by molar-refractivity contribution is -0.141. The summed E-state index contributed by atoms with van der Waals surface area (Å²) in [7, 11) is 0. The van der Waals surface area contributed by atoms with E-state index in [0.717, 1.165) is 46.9 Å². The van der Waals surface area contributed by atoms with Crippen LogP contribution in [0.25, 0.3) is 11.1 Å². The van der Waals surface area contributed by atoms with E-state index < -0.39 is 11.9 Å². The number of halogens is 3. The first-order chi connectivity index (χ1) is 15.4. The molecule has 3 heterocycles. The Hall–Kier alpha value is -3.95. The Bertz CT molecular complexity index is 1170. The van der Waals surface area contributed by atoms with E-state index in [-0.39, 0.29) is 5.95 Å². The zero-order chi connectivity index (χ0) is 22.6. The van der Waals surface area contributed by atoms with Gasteiger partial charge in [-0.25, -0.2) is 19.9 Å². The molecule has 0 saturated carbocycles. The Morgan fingerprint density at radius 3 is 2.59 bits per heavy atom. The van der Waals surface area contributed by atoms with Gasteiger partial charge in [0.25, 0.3) is 0 Å². The highest BCUT2D eigenvalue weighted by Gasteiger charge is 2.32. The van der Waals surface area contributed by atoms with Gasteiger partial charge < -0.3 is 15.6 Å². The highest BCUT2D eigenvalue weighted by Crippen LogP contribution is 2.29. The summed E-state index contributed by atoms with van der Waals surface area (Å²) in [6, 6.07) is 10.3. The number of pyridine rings is 1. The highest BCUT2D eigenvalue weighted by molar-refractivity contribution is 5.71. The van der Waals surface area contributed by atoms with Crippen molar-refractivity contribution in [3.8, 4) is 11.1 Å². The van der Waals surface area contributed by atoms with Gasteiger partial charge in [0.2, 0.25) is 5.95 Å². The predicted octanol–water partition coefficient (Wildman–Crippen LogP) is 4.99. The topological polar surface area (TPSA) is 91.4 Å². The summed E-state index contributed by atoms with van der Waals surface area (Å²) in [5, 5.41) is 6.11. The molecule has 4 aromatic rings. The summed E-state index contributed by atoms with van der Waals surface area (Å²) >= 11 is 0. The summed E-state index contributed by atoms with van der Waals surface area (Å²) in [5.74, 6) is 0.628. The monoisotopic (exact) mass is 439 g/mol.